The number of nitrogens with zero attached hydrogens (tertiary/aromatic N) is 1. The minimum atomic E-state index is -0.125. The number of pyridine rings is 1. The van der Waals surface area contributed by atoms with Crippen molar-refractivity contribution in [1.82, 2.24) is 10.3 Å². The molecule has 0 saturated carbocycles. The molecule has 1 unspecified atom stereocenters. The van der Waals surface area contributed by atoms with Gasteiger partial charge in [0.1, 0.15) is 5.82 Å². The first-order valence-corrected chi connectivity index (χ1v) is 9.50. The van der Waals surface area contributed by atoms with Crippen LogP contribution in [0.25, 0.3) is 0 Å². The first kappa shape index (κ1) is 19.9. The van der Waals surface area contributed by atoms with E-state index in [2.05, 4.69) is 15.6 Å². The molecule has 1 amide bonds. The van der Waals surface area contributed by atoms with Crippen LogP contribution in [0.4, 0.5) is 5.82 Å². The van der Waals surface area contributed by atoms with E-state index in [9.17, 15) is 4.79 Å². The Morgan fingerprint density at radius 2 is 2.07 bits per heavy atom. The first-order chi connectivity index (χ1) is 13.7. The summed E-state index contributed by atoms with van der Waals surface area (Å²) in [6.07, 6.45) is 4.59. The highest BCUT2D eigenvalue weighted by molar-refractivity contribution is 5.94. The van der Waals surface area contributed by atoms with E-state index < -0.39 is 0 Å². The third-order valence-electron chi connectivity index (χ3n) is 4.71. The van der Waals surface area contributed by atoms with Gasteiger partial charge in [-0.2, -0.15) is 0 Å². The van der Waals surface area contributed by atoms with Crippen molar-refractivity contribution in [2.24, 2.45) is 0 Å². The van der Waals surface area contributed by atoms with Gasteiger partial charge < -0.3 is 24.8 Å². The fourth-order valence-corrected chi connectivity index (χ4v) is 3.12. The van der Waals surface area contributed by atoms with Crippen molar-refractivity contribution in [1.29, 1.82) is 0 Å². The number of carbonyl (C=O) groups is 1. The van der Waals surface area contributed by atoms with Crippen molar-refractivity contribution in [3.63, 3.8) is 0 Å². The molecule has 150 valence electrons. The Balaban J connectivity index is 1.45. The van der Waals surface area contributed by atoms with E-state index in [4.69, 9.17) is 14.2 Å². The largest absolute Gasteiger partial charge is 0.493 e. The molecular weight excluding hydrogens is 358 g/mol. The number of benzene rings is 1. The third-order valence-corrected chi connectivity index (χ3v) is 4.71. The van der Waals surface area contributed by atoms with Crippen molar-refractivity contribution >= 4 is 11.7 Å². The average molecular weight is 385 g/mol. The zero-order valence-electron chi connectivity index (χ0n) is 16.4. The number of nitrogens with one attached hydrogen (secondary N) is 2. The highest BCUT2D eigenvalue weighted by Gasteiger charge is 2.16. The van der Waals surface area contributed by atoms with E-state index in [-0.39, 0.29) is 12.0 Å². The summed E-state index contributed by atoms with van der Waals surface area (Å²) in [4.78, 5) is 16.5. The molecule has 1 fully saturated rings. The number of aromatic nitrogens is 1. The second kappa shape index (κ2) is 9.94. The molecule has 1 aromatic carbocycles. The average Bonchev–Trinajstić information content (AvgIpc) is 3.26. The van der Waals surface area contributed by atoms with Gasteiger partial charge >= 0.3 is 0 Å². The predicted octanol–water partition coefficient (Wildman–Crippen LogP) is 2.66. The van der Waals surface area contributed by atoms with E-state index in [0.717, 1.165) is 43.0 Å². The van der Waals surface area contributed by atoms with Crippen LogP contribution in [0.2, 0.25) is 0 Å². The van der Waals surface area contributed by atoms with Gasteiger partial charge in [0, 0.05) is 25.9 Å². The zero-order chi connectivity index (χ0) is 19.8. The monoisotopic (exact) mass is 385 g/mol. The normalized spacial score (nSPS) is 15.9. The zero-order valence-corrected chi connectivity index (χ0v) is 16.4. The van der Waals surface area contributed by atoms with Gasteiger partial charge in [0.15, 0.2) is 11.5 Å². The lowest BCUT2D eigenvalue weighted by atomic mass is 10.1. The van der Waals surface area contributed by atoms with Crippen LogP contribution in [0.1, 0.15) is 28.8 Å². The topological polar surface area (TPSA) is 81.7 Å². The molecule has 0 spiro atoms. The molecule has 0 aliphatic carbocycles. The standard InChI is InChI=1S/C21H27N3O4/c1-26-18-7-5-15(12-19(18)27-2)9-10-22-20-8-6-16(13-23-20)21(25)24-14-17-4-3-11-28-17/h5-8,12-13,17H,3-4,9-11,14H2,1-2H3,(H,22,23)(H,24,25). The number of ether oxygens (including phenoxy) is 3. The Kier molecular flexibility index (Phi) is 7.08. The molecule has 2 aromatic rings. The number of hydrogen-bond donors (Lipinski definition) is 2. The maximum Gasteiger partial charge on any atom is 0.252 e. The Hall–Kier alpha value is -2.80. The summed E-state index contributed by atoms with van der Waals surface area (Å²) in [6, 6.07) is 9.47. The minimum absolute atomic E-state index is 0.125. The van der Waals surface area contributed by atoms with Crippen LogP contribution >= 0.6 is 0 Å². The van der Waals surface area contributed by atoms with Gasteiger partial charge in [-0.05, 0) is 49.1 Å². The molecule has 1 atom stereocenters. The Bertz CT molecular complexity index is 774. The van der Waals surface area contributed by atoms with Crippen LogP contribution in [-0.4, -0.2) is 50.9 Å². The minimum Gasteiger partial charge on any atom is -0.493 e. The number of hydrogen-bond acceptors (Lipinski definition) is 6. The van der Waals surface area contributed by atoms with E-state index in [1.807, 2.05) is 24.3 Å². The van der Waals surface area contributed by atoms with Crippen LogP contribution in [0.3, 0.4) is 0 Å². The number of carbonyl (C=O) groups excluding carboxylic acids is 1. The summed E-state index contributed by atoms with van der Waals surface area (Å²) < 4.78 is 16.1. The van der Waals surface area contributed by atoms with Gasteiger partial charge in [-0.25, -0.2) is 4.98 Å². The van der Waals surface area contributed by atoms with Gasteiger partial charge in [-0.1, -0.05) is 6.07 Å². The maximum absolute atomic E-state index is 12.2. The summed E-state index contributed by atoms with van der Waals surface area (Å²) in [5.41, 5.74) is 1.68. The van der Waals surface area contributed by atoms with Gasteiger partial charge in [0.25, 0.3) is 5.91 Å². The van der Waals surface area contributed by atoms with Crippen LogP contribution < -0.4 is 20.1 Å². The molecule has 2 heterocycles. The highest BCUT2D eigenvalue weighted by atomic mass is 16.5. The summed E-state index contributed by atoms with van der Waals surface area (Å²) in [6.45, 7) is 2.04. The van der Waals surface area contributed by atoms with Crippen LogP contribution in [0.15, 0.2) is 36.5 Å². The summed E-state index contributed by atoms with van der Waals surface area (Å²) in [5.74, 6) is 2.04. The lowest BCUT2D eigenvalue weighted by Crippen LogP contribution is -2.31. The molecule has 1 aliphatic heterocycles. The molecule has 3 rings (SSSR count). The molecule has 7 heteroatoms. The van der Waals surface area contributed by atoms with Gasteiger partial charge in [0.2, 0.25) is 0 Å². The molecule has 1 saturated heterocycles. The molecule has 0 bridgehead atoms. The Morgan fingerprint density at radius 1 is 1.21 bits per heavy atom. The Morgan fingerprint density at radius 3 is 2.75 bits per heavy atom. The maximum atomic E-state index is 12.2. The third kappa shape index (κ3) is 5.36. The lowest BCUT2D eigenvalue weighted by molar-refractivity contribution is 0.0857. The fraction of sp³-hybridized carbons (Fsp3) is 0.429. The van der Waals surface area contributed by atoms with E-state index in [0.29, 0.717) is 24.4 Å². The number of anilines is 1. The summed E-state index contributed by atoms with van der Waals surface area (Å²) in [5, 5.41) is 6.17. The summed E-state index contributed by atoms with van der Waals surface area (Å²) >= 11 is 0. The second-order valence-corrected chi connectivity index (χ2v) is 6.64. The second-order valence-electron chi connectivity index (χ2n) is 6.64. The van der Waals surface area contributed by atoms with Crippen molar-refractivity contribution < 1.29 is 19.0 Å². The molecule has 1 aromatic heterocycles. The SMILES string of the molecule is COc1ccc(CCNc2ccc(C(=O)NCC3CCCO3)cn2)cc1OC. The fourth-order valence-electron chi connectivity index (χ4n) is 3.12. The predicted molar refractivity (Wildman–Crippen MR) is 107 cm³/mol. The van der Waals surface area contributed by atoms with Crippen LogP contribution in [-0.2, 0) is 11.2 Å². The van der Waals surface area contributed by atoms with Crippen molar-refractivity contribution in [2.45, 2.75) is 25.4 Å². The van der Waals surface area contributed by atoms with Crippen molar-refractivity contribution in [2.75, 3.05) is 39.2 Å². The number of methoxy groups -OCH3 is 2. The van der Waals surface area contributed by atoms with E-state index in [1.54, 1.807) is 26.5 Å². The van der Waals surface area contributed by atoms with Gasteiger partial charge in [-0.15, -0.1) is 0 Å². The summed E-state index contributed by atoms with van der Waals surface area (Å²) in [7, 11) is 3.25. The van der Waals surface area contributed by atoms with Gasteiger partial charge in [-0.3, -0.25) is 4.79 Å². The Labute approximate surface area is 165 Å². The van der Waals surface area contributed by atoms with Crippen molar-refractivity contribution in [3.05, 3.63) is 47.7 Å². The highest BCUT2D eigenvalue weighted by Crippen LogP contribution is 2.27. The number of amides is 1. The molecule has 2 N–H and O–H groups in total. The molecule has 28 heavy (non-hydrogen) atoms. The van der Waals surface area contributed by atoms with Crippen LogP contribution in [0.5, 0.6) is 11.5 Å². The molecule has 1 aliphatic rings. The van der Waals surface area contributed by atoms with Gasteiger partial charge in [0.05, 0.1) is 25.9 Å². The number of rotatable bonds is 9. The first-order valence-electron chi connectivity index (χ1n) is 9.50. The molecule has 0 radical (unpaired) electrons. The van der Waals surface area contributed by atoms with Crippen molar-refractivity contribution in [3.8, 4) is 11.5 Å². The smallest absolute Gasteiger partial charge is 0.252 e. The molecule has 7 nitrogen and oxygen atoms in total. The molecular formula is C21H27N3O4. The lowest BCUT2D eigenvalue weighted by Gasteiger charge is -2.11. The van der Waals surface area contributed by atoms with E-state index >= 15 is 0 Å². The van der Waals surface area contributed by atoms with Crippen LogP contribution in [0, 0.1) is 0 Å². The quantitative estimate of drug-likeness (QED) is 0.691. The van der Waals surface area contributed by atoms with E-state index in [1.165, 1.54) is 0 Å².